The zero-order chi connectivity index (χ0) is 19.3. The van der Waals surface area contributed by atoms with Gasteiger partial charge in [-0.25, -0.2) is 4.98 Å². The number of thiazole rings is 1. The maximum atomic E-state index is 12.6. The minimum absolute atomic E-state index is 0.445. The van der Waals surface area contributed by atoms with Crippen molar-refractivity contribution in [3.05, 3.63) is 52.0 Å². The smallest absolute Gasteiger partial charge is 0.356 e. The number of alkyl halides is 3. The van der Waals surface area contributed by atoms with Crippen LogP contribution >= 0.6 is 11.3 Å². The number of hydrogen-bond acceptors (Lipinski definition) is 3. The average molecular weight is 396 g/mol. The van der Waals surface area contributed by atoms with Crippen LogP contribution in [0.1, 0.15) is 22.7 Å². The Kier molecular flexibility index (Phi) is 6.36. The van der Waals surface area contributed by atoms with Gasteiger partial charge in [-0.2, -0.15) is 13.2 Å². The third-order valence-electron chi connectivity index (χ3n) is 4.63. The molecule has 1 atom stereocenters. The van der Waals surface area contributed by atoms with E-state index in [9.17, 15) is 13.2 Å². The van der Waals surface area contributed by atoms with Crippen LogP contribution in [0.4, 0.5) is 13.2 Å². The number of rotatable bonds is 5. The fraction of sp³-hybridized carbons (Fsp3) is 0.474. The molecule has 0 aliphatic carbocycles. The molecule has 0 saturated carbocycles. The molecule has 1 saturated heterocycles. The Hall–Kier alpha value is -2.09. The van der Waals surface area contributed by atoms with Crippen molar-refractivity contribution in [3.8, 4) is 0 Å². The summed E-state index contributed by atoms with van der Waals surface area (Å²) in [6.45, 7) is 2.38. The molecule has 1 aliphatic rings. The van der Waals surface area contributed by atoms with Gasteiger partial charge in [0.05, 0.1) is 5.01 Å². The van der Waals surface area contributed by atoms with Crippen molar-refractivity contribution in [1.82, 2.24) is 15.2 Å². The summed E-state index contributed by atoms with van der Waals surface area (Å²) >= 11 is 1.04. The topological polar surface area (TPSA) is 40.5 Å². The van der Waals surface area contributed by atoms with Crippen LogP contribution in [0.25, 0.3) is 0 Å². The van der Waals surface area contributed by atoms with Gasteiger partial charge in [-0.15, -0.1) is 11.3 Å². The molecule has 0 spiro atoms. The second-order valence-electron chi connectivity index (χ2n) is 6.64. The molecule has 0 radical (unpaired) electrons. The first-order valence-electron chi connectivity index (χ1n) is 8.97. The van der Waals surface area contributed by atoms with Crippen LogP contribution in [0.3, 0.4) is 0 Å². The van der Waals surface area contributed by atoms with E-state index in [4.69, 9.17) is 0 Å². The highest BCUT2D eigenvalue weighted by Gasteiger charge is 2.33. The number of aliphatic imine (C=N–C) groups is 1. The lowest BCUT2D eigenvalue weighted by molar-refractivity contribution is -0.140. The third kappa shape index (κ3) is 5.45. The van der Waals surface area contributed by atoms with Crippen molar-refractivity contribution >= 4 is 17.3 Å². The summed E-state index contributed by atoms with van der Waals surface area (Å²) in [6.07, 6.45) is -1.77. The summed E-state index contributed by atoms with van der Waals surface area (Å²) < 4.78 is 37.8. The molecule has 146 valence electrons. The Morgan fingerprint density at radius 2 is 2.11 bits per heavy atom. The van der Waals surface area contributed by atoms with Crippen LogP contribution in [-0.2, 0) is 19.0 Å². The molecule has 0 amide bonds. The van der Waals surface area contributed by atoms with Crippen LogP contribution < -0.4 is 5.32 Å². The van der Waals surface area contributed by atoms with Crippen LogP contribution in [-0.4, -0.2) is 42.5 Å². The number of likely N-dealkylation sites (tertiary alicyclic amines) is 1. The number of guanidine groups is 1. The minimum atomic E-state index is -4.37. The Morgan fingerprint density at radius 3 is 2.78 bits per heavy atom. The molecular weight excluding hydrogens is 373 g/mol. The number of benzene rings is 1. The van der Waals surface area contributed by atoms with Gasteiger partial charge >= 0.3 is 6.18 Å². The molecule has 1 aromatic heterocycles. The van der Waals surface area contributed by atoms with Gasteiger partial charge in [-0.1, -0.05) is 30.3 Å². The first kappa shape index (κ1) is 19.7. The van der Waals surface area contributed by atoms with E-state index in [1.54, 1.807) is 7.05 Å². The zero-order valence-corrected chi connectivity index (χ0v) is 16.0. The molecule has 0 bridgehead atoms. The van der Waals surface area contributed by atoms with Crippen LogP contribution in [0.5, 0.6) is 0 Å². The van der Waals surface area contributed by atoms with Gasteiger partial charge in [0, 0.05) is 38.5 Å². The summed E-state index contributed by atoms with van der Waals surface area (Å²) in [5.74, 6) is 1.39. The predicted octanol–water partition coefficient (Wildman–Crippen LogP) is 3.84. The van der Waals surface area contributed by atoms with Crippen molar-refractivity contribution < 1.29 is 13.2 Å². The highest BCUT2D eigenvalue weighted by atomic mass is 32.1. The quantitative estimate of drug-likeness (QED) is 0.617. The van der Waals surface area contributed by atoms with Gasteiger partial charge < -0.3 is 10.2 Å². The van der Waals surface area contributed by atoms with E-state index in [0.717, 1.165) is 48.6 Å². The molecule has 3 rings (SSSR count). The Labute approximate surface area is 161 Å². The molecule has 2 aromatic rings. The minimum Gasteiger partial charge on any atom is -0.356 e. The summed E-state index contributed by atoms with van der Waals surface area (Å²) in [6, 6.07) is 10.4. The summed E-state index contributed by atoms with van der Waals surface area (Å²) in [7, 11) is 1.73. The van der Waals surface area contributed by atoms with Crippen LogP contribution in [0, 0.1) is 5.92 Å². The van der Waals surface area contributed by atoms with E-state index in [2.05, 4.69) is 44.5 Å². The van der Waals surface area contributed by atoms with E-state index in [-0.39, 0.29) is 0 Å². The lowest BCUT2D eigenvalue weighted by Crippen LogP contribution is -2.41. The molecular formula is C19H23F3N4S. The van der Waals surface area contributed by atoms with Crippen molar-refractivity contribution in [2.24, 2.45) is 10.9 Å². The standard InChI is InChI=1S/C19H23F3N4S/c1-23-18(24-9-7-17-25-16(13-27-17)19(20,21)22)26-10-8-15(12-26)11-14-5-3-2-4-6-14/h2-6,13,15H,7-12H2,1H3,(H,23,24). The van der Waals surface area contributed by atoms with Crippen LogP contribution in [0.15, 0.2) is 40.7 Å². The van der Waals surface area contributed by atoms with E-state index < -0.39 is 11.9 Å². The molecule has 1 N–H and O–H groups in total. The molecule has 1 fully saturated rings. The van der Waals surface area contributed by atoms with E-state index in [1.165, 1.54) is 5.56 Å². The lowest BCUT2D eigenvalue weighted by Gasteiger charge is -2.21. The first-order chi connectivity index (χ1) is 13.0. The van der Waals surface area contributed by atoms with Crippen molar-refractivity contribution in [2.45, 2.75) is 25.4 Å². The maximum Gasteiger partial charge on any atom is 0.434 e. The number of halogens is 3. The van der Waals surface area contributed by atoms with Gasteiger partial charge in [0.15, 0.2) is 11.7 Å². The number of aromatic nitrogens is 1. The summed E-state index contributed by atoms with van der Waals surface area (Å²) in [5, 5.41) is 4.80. The molecule has 1 unspecified atom stereocenters. The summed E-state index contributed by atoms with van der Waals surface area (Å²) in [5.41, 5.74) is 0.534. The number of nitrogens with one attached hydrogen (secondary N) is 1. The van der Waals surface area contributed by atoms with Crippen molar-refractivity contribution in [2.75, 3.05) is 26.7 Å². The second-order valence-corrected chi connectivity index (χ2v) is 7.58. The largest absolute Gasteiger partial charge is 0.434 e. The SMILES string of the molecule is CN=C(NCCc1nc(C(F)(F)F)cs1)N1CCC(Cc2ccccc2)C1. The highest BCUT2D eigenvalue weighted by Crippen LogP contribution is 2.30. The molecule has 2 heterocycles. The lowest BCUT2D eigenvalue weighted by atomic mass is 9.99. The maximum absolute atomic E-state index is 12.6. The monoisotopic (exact) mass is 396 g/mol. The van der Waals surface area contributed by atoms with E-state index in [0.29, 0.717) is 23.9 Å². The third-order valence-corrected chi connectivity index (χ3v) is 5.54. The number of nitrogens with zero attached hydrogens (tertiary/aromatic N) is 3. The fourth-order valence-electron chi connectivity index (χ4n) is 3.31. The van der Waals surface area contributed by atoms with Gasteiger partial charge in [0.25, 0.3) is 0 Å². The number of hydrogen-bond donors (Lipinski definition) is 1. The Balaban J connectivity index is 1.46. The molecule has 1 aliphatic heterocycles. The second kappa shape index (κ2) is 8.73. The molecule has 4 nitrogen and oxygen atoms in total. The molecule has 8 heteroatoms. The van der Waals surface area contributed by atoms with E-state index >= 15 is 0 Å². The van der Waals surface area contributed by atoms with Gasteiger partial charge in [-0.05, 0) is 24.3 Å². The van der Waals surface area contributed by atoms with Crippen molar-refractivity contribution in [1.29, 1.82) is 0 Å². The van der Waals surface area contributed by atoms with Crippen molar-refractivity contribution in [3.63, 3.8) is 0 Å². The van der Waals surface area contributed by atoms with Crippen LogP contribution in [0.2, 0.25) is 0 Å². The van der Waals surface area contributed by atoms with Gasteiger partial charge in [0.1, 0.15) is 0 Å². The highest BCUT2D eigenvalue weighted by molar-refractivity contribution is 7.09. The Morgan fingerprint density at radius 1 is 1.33 bits per heavy atom. The predicted molar refractivity (Wildman–Crippen MR) is 102 cm³/mol. The first-order valence-corrected chi connectivity index (χ1v) is 9.85. The molecule has 27 heavy (non-hydrogen) atoms. The molecule has 1 aromatic carbocycles. The Bertz CT molecular complexity index is 758. The van der Waals surface area contributed by atoms with Gasteiger partial charge in [-0.3, -0.25) is 4.99 Å². The van der Waals surface area contributed by atoms with E-state index in [1.807, 2.05) is 6.07 Å². The average Bonchev–Trinajstić information content (AvgIpc) is 3.29. The fourth-order valence-corrected chi connectivity index (χ4v) is 4.11. The zero-order valence-electron chi connectivity index (χ0n) is 15.2. The normalized spacial score (nSPS) is 18.1. The van der Waals surface area contributed by atoms with Gasteiger partial charge in [0.2, 0.25) is 0 Å². The summed E-state index contributed by atoms with van der Waals surface area (Å²) in [4.78, 5) is 10.2.